The molecule has 5 rings (SSSR count). The number of furan rings is 1. The maximum absolute atomic E-state index is 12.9. The third kappa shape index (κ3) is 3.53. The molecule has 1 aromatic heterocycles. The van der Waals surface area contributed by atoms with Crippen molar-refractivity contribution in [3.8, 4) is 0 Å². The molecular formula is C25H36N2O6. The molecule has 8 heteroatoms. The van der Waals surface area contributed by atoms with E-state index in [1.165, 1.54) is 6.26 Å². The van der Waals surface area contributed by atoms with E-state index in [4.69, 9.17) is 13.9 Å². The first-order valence-corrected chi connectivity index (χ1v) is 12.2. The van der Waals surface area contributed by atoms with Gasteiger partial charge in [-0.1, -0.05) is 6.92 Å². The van der Waals surface area contributed by atoms with Gasteiger partial charge >= 0.3 is 5.97 Å². The SMILES string of the molecule is CO[C@]1(C)CCC[C@]2(C)C[C@H]3OC(=O)[C@@H](CN4CCN(C(=O)c5ccco5)CC4)[C@H]3C[C@@]21O. The minimum Gasteiger partial charge on any atom is -0.462 e. The monoisotopic (exact) mass is 460 g/mol. The van der Waals surface area contributed by atoms with Crippen molar-refractivity contribution >= 4 is 11.9 Å². The first kappa shape index (κ1) is 22.9. The molecule has 2 aliphatic heterocycles. The van der Waals surface area contributed by atoms with E-state index in [2.05, 4.69) is 11.8 Å². The average Bonchev–Trinajstić information content (AvgIpc) is 3.42. The van der Waals surface area contributed by atoms with Crippen molar-refractivity contribution in [3.05, 3.63) is 24.2 Å². The smallest absolute Gasteiger partial charge is 0.310 e. The van der Waals surface area contributed by atoms with Crippen LogP contribution >= 0.6 is 0 Å². The summed E-state index contributed by atoms with van der Waals surface area (Å²) in [6.07, 6.45) is 5.30. The lowest BCUT2D eigenvalue weighted by Crippen LogP contribution is -2.69. The van der Waals surface area contributed by atoms with Gasteiger partial charge in [-0.05, 0) is 51.2 Å². The minimum absolute atomic E-state index is 0.0223. The molecule has 1 amide bonds. The number of esters is 1. The van der Waals surface area contributed by atoms with Gasteiger partial charge in [0.1, 0.15) is 6.10 Å². The fourth-order valence-corrected chi connectivity index (χ4v) is 7.06. The summed E-state index contributed by atoms with van der Waals surface area (Å²) in [4.78, 5) is 29.5. The molecule has 0 bridgehead atoms. The van der Waals surface area contributed by atoms with Crippen molar-refractivity contribution in [2.75, 3.05) is 39.8 Å². The molecule has 2 saturated carbocycles. The summed E-state index contributed by atoms with van der Waals surface area (Å²) in [5.74, 6) is -0.170. The number of hydrogen-bond donors (Lipinski definition) is 1. The Hall–Kier alpha value is -1.90. The second-order valence-corrected chi connectivity index (χ2v) is 10.9. The van der Waals surface area contributed by atoms with Crippen LogP contribution in [0, 0.1) is 17.3 Å². The number of carbonyl (C=O) groups is 2. The summed E-state index contributed by atoms with van der Waals surface area (Å²) in [6, 6.07) is 3.40. The summed E-state index contributed by atoms with van der Waals surface area (Å²) in [6.45, 7) is 7.34. The molecule has 0 radical (unpaired) electrons. The summed E-state index contributed by atoms with van der Waals surface area (Å²) in [5.41, 5.74) is -1.95. The Morgan fingerprint density at radius 2 is 1.97 bits per heavy atom. The van der Waals surface area contributed by atoms with Crippen molar-refractivity contribution < 1.29 is 28.6 Å². The van der Waals surface area contributed by atoms with Gasteiger partial charge < -0.3 is 23.9 Å². The number of amides is 1. The molecule has 3 heterocycles. The van der Waals surface area contributed by atoms with Crippen molar-refractivity contribution in [2.24, 2.45) is 17.3 Å². The largest absolute Gasteiger partial charge is 0.462 e. The van der Waals surface area contributed by atoms with Crippen LogP contribution in [0.25, 0.3) is 0 Å². The number of methoxy groups -OCH3 is 1. The van der Waals surface area contributed by atoms with Crippen molar-refractivity contribution in [1.29, 1.82) is 0 Å². The summed E-state index contributed by atoms with van der Waals surface area (Å²) < 4.78 is 17.0. The van der Waals surface area contributed by atoms with E-state index in [0.29, 0.717) is 51.3 Å². The van der Waals surface area contributed by atoms with Gasteiger partial charge in [-0.2, -0.15) is 0 Å². The number of aliphatic hydroxyl groups is 1. The predicted molar refractivity (Wildman–Crippen MR) is 119 cm³/mol. The van der Waals surface area contributed by atoms with E-state index in [1.807, 2.05) is 6.92 Å². The van der Waals surface area contributed by atoms with Crippen LogP contribution in [-0.2, 0) is 14.3 Å². The van der Waals surface area contributed by atoms with Gasteiger partial charge in [0.2, 0.25) is 0 Å². The third-order valence-corrected chi connectivity index (χ3v) is 9.30. The highest BCUT2D eigenvalue weighted by Gasteiger charge is 2.67. The predicted octanol–water partition coefficient (Wildman–Crippen LogP) is 2.32. The molecule has 4 fully saturated rings. The molecule has 1 N–H and O–H groups in total. The Kier molecular flexibility index (Phi) is 5.61. The van der Waals surface area contributed by atoms with E-state index in [-0.39, 0.29) is 35.2 Å². The normalized spacial score (nSPS) is 41.4. The average molecular weight is 461 g/mol. The van der Waals surface area contributed by atoms with Crippen molar-refractivity contribution in [3.63, 3.8) is 0 Å². The Labute approximate surface area is 195 Å². The number of fused-ring (bicyclic) bond motifs is 2. The van der Waals surface area contributed by atoms with Crippen LogP contribution in [0.5, 0.6) is 0 Å². The number of piperazine rings is 1. The fourth-order valence-electron chi connectivity index (χ4n) is 7.06. The Bertz CT molecular complexity index is 897. The van der Waals surface area contributed by atoms with Crippen LogP contribution in [0.15, 0.2) is 22.8 Å². The zero-order chi connectivity index (χ0) is 23.4. The first-order chi connectivity index (χ1) is 15.7. The van der Waals surface area contributed by atoms with Gasteiger partial charge in [-0.3, -0.25) is 14.5 Å². The van der Waals surface area contributed by atoms with E-state index in [9.17, 15) is 14.7 Å². The number of nitrogens with zero attached hydrogens (tertiary/aromatic N) is 2. The van der Waals surface area contributed by atoms with Crippen LogP contribution < -0.4 is 0 Å². The Morgan fingerprint density at radius 3 is 2.64 bits per heavy atom. The number of carbonyl (C=O) groups excluding carboxylic acids is 2. The maximum Gasteiger partial charge on any atom is 0.310 e. The molecule has 4 aliphatic rings. The highest BCUT2D eigenvalue weighted by molar-refractivity contribution is 5.91. The molecule has 182 valence electrons. The lowest BCUT2D eigenvalue weighted by molar-refractivity contribution is -0.270. The van der Waals surface area contributed by atoms with Gasteiger partial charge in [0.05, 0.1) is 23.4 Å². The summed E-state index contributed by atoms with van der Waals surface area (Å²) in [5, 5.41) is 12.1. The van der Waals surface area contributed by atoms with E-state index in [1.54, 1.807) is 24.1 Å². The standard InChI is InChI=1S/C25H36N2O6/c1-23-7-5-8-24(2,31-3)25(23,30)14-17-18(22(29)33-20(17)15-23)16-26-9-11-27(12-10-26)21(28)19-6-4-13-32-19/h4,6,13,17-18,20,30H,5,7-12,14-16H2,1-3H3/t17-,18+,20-,23-,24-,25-/m1/s1. The molecule has 2 aliphatic carbocycles. The lowest BCUT2D eigenvalue weighted by Gasteiger charge is -2.62. The quantitative estimate of drug-likeness (QED) is 0.690. The van der Waals surface area contributed by atoms with Crippen LogP contribution in [0.4, 0.5) is 0 Å². The van der Waals surface area contributed by atoms with Gasteiger partial charge in [0.25, 0.3) is 5.91 Å². The zero-order valence-corrected chi connectivity index (χ0v) is 19.9. The third-order valence-electron chi connectivity index (χ3n) is 9.30. The Morgan fingerprint density at radius 1 is 1.21 bits per heavy atom. The van der Waals surface area contributed by atoms with Gasteiger partial charge in [-0.25, -0.2) is 0 Å². The van der Waals surface area contributed by atoms with Gasteiger partial charge in [-0.15, -0.1) is 0 Å². The molecule has 2 saturated heterocycles. The number of ether oxygens (including phenoxy) is 2. The highest BCUT2D eigenvalue weighted by Crippen LogP contribution is 2.61. The minimum atomic E-state index is -0.992. The van der Waals surface area contributed by atoms with Crippen molar-refractivity contribution in [2.45, 2.75) is 63.3 Å². The molecule has 33 heavy (non-hydrogen) atoms. The molecule has 6 atom stereocenters. The van der Waals surface area contributed by atoms with Crippen LogP contribution in [0.1, 0.15) is 56.5 Å². The maximum atomic E-state index is 12.9. The lowest BCUT2D eigenvalue weighted by atomic mass is 9.49. The molecule has 0 spiro atoms. The fraction of sp³-hybridized carbons (Fsp3) is 0.760. The topological polar surface area (TPSA) is 92.5 Å². The van der Waals surface area contributed by atoms with E-state index in [0.717, 1.165) is 19.3 Å². The van der Waals surface area contributed by atoms with E-state index < -0.39 is 11.2 Å². The first-order valence-electron chi connectivity index (χ1n) is 12.2. The highest BCUT2D eigenvalue weighted by atomic mass is 16.6. The Balaban J connectivity index is 1.27. The van der Waals surface area contributed by atoms with Crippen LogP contribution in [0.3, 0.4) is 0 Å². The van der Waals surface area contributed by atoms with Crippen LogP contribution in [-0.4, -0.2) is 83.9 Å². The molecule has 0 aromatic carbocycles. The van der Waals surface area contributed by atoms with Crippen LogP contribution in [0.2, 0.25) is 0 Å². The number of rotatable bonds is 4. The summed E-state index contributed by atoms with van der Waals surface area (Å²) >= 11 is 0. The van der Waals surface area contributed by atoms with Crippen molar-refractivity contribution in [1.82, 2.24) is 9.80 Å². The second-order valence-electron chi connectivity index (χ2n) is 10.9. The van der Waals surface area contributed by atoms with E-state index >= 15 is 0 Å². The second kappa shape index (κ2) is 8.10. The molecule has 1 aromatic rings. The van der Waals surface area contributed by atoms with Gasteiger partial charge in [0, 0.05) is 51.2 Å². The number of hydrogen-bond acceptors (Lipinski definition) is 7. The molecule has 0 unspecified atom stereocenters. The summed E-state index contributed by atoms with van der Waals surface area (Å²) in [7, 11) is 1.69. The van der Waals surface area contributed by atoms with Gasteiger partial charge in [0.15, 0.2) is 5.76 Å². The molecular weight excluding hydrogens is 424 g/mol. The molecule has 8 nitrogen and oxygen atoms in total. The zero-order valence-electron chi connectivity index (χ0n) is 19.9.